The third-order valence-electron chi connectivity index (χ3n) is 5.12. The van der Waals surface area contributed by atoms with E-state index < -0.39 is 0 Å². The fourth-order valence-electron chi connectivity index (χ4n) is 3.66. The smallest absolute Gasteiger partial charge is 0.255 e. The molecule has 4 heteroatoms. The van der Waals surface area contributed by atoms with Crippen molar-refractivity contribution >= 4 is 11.7 Å². The fraction of sp³-hybridized carbons (Fsp3) is 0.667. The molecule has 1 saturated carbocycles. The number of hydrogen-bond acceptors (Lipinski definition) is 3. The summed E-state index contributed by atoms with van der Waals surface area (Å²) in [6.45, 7) is 2.17. The lowest BCUT2D eigenvalue weighted by Gasteiger charge is -2.31. The summed E-state index contributed by atoms with van der Waals surface area (Å²) in [5, 5.41) is 0. The van der Waals surface area contributed by atoms with E-state index in [1.54, 1.807) is 6.20 Å². The van der Waals surface area contributed by atoms with Crippen molar-refractivity contribution in [3.05, 3.63) is 23.9 Å². The topological polar surface area (TPSA) is 36.4 Å². The molecule has 2 aliphatic rings. The van der Waals surface area contributed by atoms with Crippen molar-refractivity contribution in [2.75, 3.05) is 25.0 Å². The highest BCUT2D eigenvalue weighted by Crippen LogP contribution is 2.23. The highest BCUT2D eigenvalue weighted by atomic mass is 16.2. The number of nitrogens with zero attached hydrogens (tertiary/aromatic N) is 3. The summed E-state index contributed by atoms with van der Waals surface area (Å²) >= 11 is 0. The van der Waals surface area contributed by atoms with Gasteiger partial charge in [-0.1, -0.05) is 19.3 Å². The van der Waals surface area contributed by atoms with Crippen LogP contribution in [0.1, 0.15) is 61.7 Å². The van der Waals surface area contributed by atoms with Crippen LogP contribution in [0.25, 0.3) is 0 Å². The van der Waals surface area contributed by atoms with Gasteiger partial charge in [0.25, 0.3) is 5.91 Å². The van der Waals surface area contributed by atoms with Gasteiger partial charge in [0.1, 0.15) is 5.82 Å². The quantitative estimate of drug-likeness (QED) is 0.857. The molecule has 120 valence electrons. The molecule has 0 unspecified atom stereocenters. The largest absolute Gasteiger partial charge is 0.357 e. The van der Waals surface area contributed by atoms with E-state index in [1.807, 2.05) is 24.1 Å². The van der Waals surface area contributed by atoms with Crippen LogP contribution in [0.15, 0.2) is 18.3 Å². The zero-order valence-corrected chi connectivity index (χ0v) is 13.6. The van der Waals surface area contributed by atoms with Gasteiger partial charge >= 0.3 is 0 Å². The third-order valence-corrected chi connectivity index (χ3v) is 5.12. The Bertz CT molecular complexity index is 488. The molecule has 0 radical (unpaired) electrons. The lowest BCUT2D eigenvalue weighted by molar-refractivity contribution is 0.0696. The molecule has 1 amide bonds. The van der Waals surface area contributed by atoms with E-state index in [-0.39, 0.29) is 5.91 Å². The second-order valence-electron chi connectivity index (χ2n) is 6.66. The van der Waals surface area contributed by atoms with Crippen LogP contribution in [0, 0.1) is 0 Å². The van der Waals surface area contributed by atoms with Crippen LogP contribution < -0.4 is 4.90 Å². The van der Waals surface area contributed by atoms with E-state index in [1.165, 1.54) is 38.5 Å². The molecule has 0 spiro atoms. The average molecular weight is 301 g/mol. The van der Waals surface area contributed by atoms with Crippen LogP contribution in [0.5, 0.6) is 0 Å². The fourth-order valence-corrected chi connectivity index (χ4v) is 3.66. The number of hydrogen-bond donors (Lipinski definition) is 0. The Morgan fingerprint density at radius 1 is 1.09 bits per heavy atom. The van der Waals surface area contributed by atoms with E-state index in [2.05, 4.69) is 9.88 Å². The van der Waals surface area contributed by atoms with E-state index >= 15 is 0 Å². The zero-order chi connectivity index (χ0) is 15.4. The molecule has 0 atom stereocenters. The summed E-state index contributed by atoms with van der Waals surface area (Å²) in [7, 11) is 1.94. The predicted octanol–water partition coefficient (Wildman–Crippen LogP) is 3.48. The van der Waals surface area contributed by atoms with Gasteiger partial charge in [-0.15, -0.1) is 0 Å². The van der Waals surface area contributed by atoms with Gasteiger partial charge in [-0.2, -0.15) is 0 Å². The van der Waals surface area contributed by atoms with Crippen molar-refractivity contribution in [2.45, 2.75) is 57.4 Å². The summed E-state index contributed by atoms with van der Waals surface area (Å²) in [6.07, 6.45) is 11.6. The van der Waals surface area contributed by atoms with Gasteiger partial charge < -0.3 is 9.80 Å². The molecule has 2 fully saturated rings. The minimum atomic E-state index is 0.115. The molecule has 3 rings (SSSR count). The van der Waals surface area contributed by atoms with Gasteiger partial charge in [-0.3, -0.25) is 4.79 Å². The van der Waals surface area contributed by atoms with Gasteiger partial charge in [-0.25, -0.2) is 4.98 Å². The number of carbonyl (C=O) groups excluding carboxylic acids is 1. The maximum Gasteiger partial charge on any atom is 0.255 e. The monoisotopic (exact) mass is 301 g/mol. The summed E-state index contributed by atoms with van der Waals surface area (Å²) in [4.78, 5) is 21.4. The predicted molar refractivity (Wildman–Crippen MR) is 89.3 cm³/mol. The Balaban J connectivity index is 1.64. The van der Waals surface area contributed by atoms with Crippen LogP contribution >= 0.6 is 0 Å². The molecule has 1 saturated heterocycles. The number of carbonyl (C=O) groups is 1. The van der Waals surface area contributed by atoms with Gasteiger partial charge in [0.05, 0.1) is 5.56 Å². The van der Waals surface area contributed by atoms with Crippen LogP contribution in [0.3, 0.4) is 0 Å². The first-order valence-corrected chi connectivity index (χ1v) is 8.74. The van der Waals surface area contributed by atoms with E-state index in [0.717, 1.165) is 31.7 Å². The first-order valence-electron chi connectivity index (χ1n) is 8.74. The van der Waals surface area contributed by atoms with Crippen LogP contribution in [-0.2, 0) is 0 Å². The SMILES string of the molecule is CN(C(=O)c1ccc(N2CCCCC2)nc1)C1CCCCC1. The van der Waals surface area contributed by atoms with E-state index in [9.17, 15) is 4.79 Å². The molecule has 1 aromatic heterocycles. The zero-order valence-electron chi connectivity index (χ0n) is 13.6. The minimum Gasteiger partial charge on any atom is -0.357 e. The Kier molecular flexibility index (Phi) is 4.96. The molecular weight excluding hydrogens is 274 g/mol. The van der Waals surface area contributed by atoms with Crippen LogP contribution in [0.4, 0.5) is 5.82 Å². The Hall–Kier alpha value is -1.58. The van der Waals surface area contributed by atoms with E-state index in [0.29, 0.717) is 11.6 Å². The molecule has 4 nitrogen and oxygen atoms in total. The molecule has 1 aromatic rings. The maximum atomic E-state index is 12.6. The van der Waals surface area contributed by atoms with Crippen molar-refractivity contribution in [1.82, 2.24) is 9.88 Å². The van der Waals surface area contributed by atoms with Gasteiger partial charge in [0, 0.05) is 32.4 Å². The van der Waals surface area contributed by atoms with E-state index in [4.69, 9.17) is 0 Å². The molecular formula is C18H27N3O. The summed E-state index contributed by atoms with van der Waals surface area (Å²) in [5.74, 6) is 1.13. The second kappa shape index (κ2) is 7.12. The Labute approximate surface area is 133 Å². The molecule has 1 aliphatic heterocycles. The molecule has 0 bridgehead atoms. The number of rotatable bonds is 3. The lowest BCUT2D eigenvalue weighted by Crippen LogP contribution is -2.38. The van der Waals surface area contributed by atoms with Crippen molar-refractivity contribution in [2.24, 2.45) is 0 Å². The summed E-state index contributed by atoms with van der Waals surface area (Å²) in [5.41, 5.74) is 0.717. The normalized spacial score (nSPS) is 20.0. The minimum absolute atomic E-state index is 0.115. The maximum absolute atomic E-state index is 12.6. The van der Waals surface area contributed by atoms with Crippen LogP contribution in [-0.4, -0.2) is 42.0 Å². The van der Waals surface area contributed by atoms with Crippen molar-refractivity contribution in [3.8, 4) is 0 Å². The first kappa shape index (κ1) is 15.3. The number of aromatic nitrogens is 1. The first-order chi connectivity index (χ1) is 10.8. The summed E-state index contributed by atoms with van der Waals surface area (Å²) < 4.78 is 0. The van der Waals surface area contributed by atoms with Crippen molar-refractivity contribution < 1.29 is 4.79 Å². The van der Waals surface area contributed by atoms with Crippen molar-refractivity contribution in [1.29, 1.82) is 0 Å². The average Bonchev–Trinajstić information content (AvgIpc) is 2.62. The number of anilines is 1. The molecule has 2 heterocycles. The highest BCUT2D eigenvalue weighted by molar-refractivity contribution is 5.94. The van der Waals surface area contributed by atoms with Gasteiger partial charge in [-0.05, 0) is 44.2 Å². The Morgan fingerprint density at radius 2 is 1.77 bits per heavy atom. The summed E-state index contributed by atoms with van der Waals surface area (Å²) in [6, 6.07) is 4.36. The van der Waals surface area contributed by atoms with Crippen LogP contribution in [0.2, 0.25) is 0 Å². The number of piperidine rings is 1. The lowest BCUT2D eigenvalue weighted by atomic mass is 9.94. The molecule has 1 aliphatic carbocycles. The van der Waals surface area contributed by atoms with Crippen molar-refractivity contribution in [3.63, 3.8) is 0 Å². The Morgan fingerprint density at radius 3 is 2.41 bits per heavy atom. The highest BCUT2D eigenvalue weighted by Gasteiger charge is 2.23. The third kappa shape index (κ3) is 3.42. The molecule has 0 aromatic carbocycles. The number of amides is 1. The molecule has 0 N–H and O–H groups in total. The number of pyridine rings is 1. The molecule has 22 heavy (non-hydrogen) atoms. The van der Waals surface area contributed by atoms with Gasteiger partial charge in [0.15, 0.2) is 0 Å². The van der Waals surface area contributed by atoms with Gasteiger partial charge in [0.2, 0.25) is 0 Å². The standard InChI is InChI=1S/C18H27N3O/c1-20(16-8-4-2-5-9-16)18(22)15-10-11-17(19-14-15)21-12-6-3-7-13-21/h10-11,14,16H,2-9,12-13H2,1H3. The second-order valence-corrected chi connectivity index (χ2v) is 6.66.